The van der Waals surface area contributed by atoms with Gasteiger partial charge in [-0.2, -0.15) is 0 Å². The minimum atomic E-state index is -5.40. The summed E-state index contributed by atoms with van der Waals surface area (Å²) in [5.74, 6) is 0. The van der Waals surface area contributed by atoms with Gasteiger partial charge in [0.15, 0.2) is 0 Å². The second kappa shape index (κ2) is 10.4. The van der Waals surface area contributed by atoms with Crippen molar-refractivity contribution in [3.8, 4) is 0 Å². The summed E-state index contributed by atoms with van der Waals surface area (Å²) < 4.78 is 28.3. The average Bonchev–Trinajstić information content (AvgIpc) is 1.98. The summed E-state index contributed by atoms with van der Waals surface area (Å²) in [6.45, 7) is 0.950. The van der Waals surface area contributed by atoms with Crippen LogP contribution in [0.2, 0.25) is 0 Å². The molecule has 0 aromatic carbocycles. The van der Waals surface area contributed by atoms with Gasteiger partial charge in [0.2, 0.25) is 0 Å². The molecule has 13 heteroatoms. The first-order valence-corrected chi connectivity index (χ1v) is 8.04. The van der Waals surface area contributed by atoms with Crippen LogP contribution in [-0.2, 0) is 18.0 Å². The molecule has 3 unspecified atom stereocenters. The zero-order valence-electron chi connectivity index (χ0n) is 10.2. The van der Waals surface area contributed by atoms with Crippen LogP contribution < -0.4 is 68.9 Å². The summed E-state index contributed by atoms with van der Waals surface area (Å²) in [5.41, 5.74) is -1.19. The molecule has 0 saturated carbocycles. The SMILES string of the molecule is CC(O)(CBr)CCOP(=O)([O-])OP(=O)([O-])O.[Na+].[Na+]. The van der Waals surface area contributed by atoms with Crippen LogP contribution in [0.25, 0.3) is 0 Å². The summed E-state index contributed by atoms with van der Waals surface area (Å²) >= 11 is 2.98. The van der Waals surface area contributed by atoms with Gasteiger partial charge in [-0.05, 0) is 6.92 Å². The summed E-state index contributed by atoms with van der Waals surface area (Å²) in [6, 6.07) is 0. The van der Waals surface area contributed by atoms with Crippen LogP contribution in [0.4, 0.5) is 0 Å². The van der Waals surface area contributed by atoms with Crippen LogP contribution in [0.3, 0.4) is 0 Å². The van der Waals surface area contributed by atoms with Crippen molar-refractivity contribution in [2.75, 3.05) is 11.9 Å². The van der Waals surface area contributed by atoms with Crippen molar-refractivity contribution in [3.05, 3.63) is 0 Å². The van der Waals surface area contributed by atoms with Gasteiger partial charge in [-0.25, -0.2) is 4.31 Å². The Kier molecular flexibility index (Phi) is 14.9. The fraction of sp³-hybridized carbons (Fsp3) is 1.00. The number of rotatable bonds is 7. The van der Waals surface area contributed by atoms with E-state index >= 15 is 0 Å². The van der Waals surface area contributed by atoms with E-state index in [0.29, 0.717) is 0 Å². The first kappa shape index (κ1) is 25.6. The maximum Gasteiger partial charge on any atom is 1.00 e. The van der Waals surface area contributed by atoms with E-state index in [2.05, 4.69) is 24.8 Å². The molecule has 0 spiro atoms. The standard InChI is InChI=1S/C5H13BrO8P2.2Na/c1-5(7,4-6)2-3-13-16(11,12)14-15(8,9)10;;/h7H,2-4H2,1H3,(H,11,12)(H2,8,9,10);;/q;2*+1/p-2. The molecule has 8 nitrogen and oxygen atoms in total. The van der Waals surface area contributed by atoms with E-state index in [0.717, 1.165) is 0 Å². The molecule has 18 heavy (non-hydrogen) atoms. The van der Waals surface area contributed by atoms with Crippen molar-refractivity contribution in [2.24, 2.45) is 0 Å². The minimum absolute atomic E-state index is 0. The third kappa shape index (κ3) is 15.1. The van der Waals surface area contributed by atoms with Gasteiger partial charge < -0.3 is 24.3 Å². The second-order valence-electron chi connectivity index (χ2n) is 3.21. The fourth-order valence-corrected chi connectivity index (χ4v) is 2.39. The maximum absolute atomic E-state index is 10.8. The molecular formula is C5H11BrNa2O8P2. The van der Waals surface area contributed by atoms with Crippen molar-refractivity contribution >= 4 is 31.6 Å². The van der Waals surface area contributed by atoms with Crippen molar-refractivity contribution < 1.29 is 96.9 Å². The van der Waals surface area contributed by atoms with Gasteiger partial charge in [-0.15, -0.1) is 0 Å². The first-order valence-electron chi connectivity index (χ1n) is 3.96. The van der Waals surface area contributed by atoms with Crippen LogP contribution in [0, 0.1) is 0 Å². The summed E-state index contributed by atoms with van der Waals surface area (Å²) in [6.07, 6.45) is -0.0670. The molecule has 0 radical (unpaired) electrons. The summed E-state index contributed by atoms with van der Waals surface area (Å²) in [5, 5.41) is 9.62. The number of hydrogen-bond acceptors (Lipinski definition) is 7. The third-order valence-corrected chi connectivity index (χ3v) is 4.71. The molecular weight excluding hydrogens is 376 g/mol. The Balaban J connectivity index is -0.00000112. The van der Waals surface area contributed by atoms with Crippen LogP contribution in [-0.4, -0.2) is 27.5 Å². The molecule has 0 saturated heterocycles. The fourth-order valence-electron chi connectivity index (χ4n) is 0.594. The molecule has 98 valence electrons. The smallest absolute Gasteiger partial charge is 0.756 e. The Morgan fingerprint density at radius 3 is 2.11 bits per heavy atom. The van der Waals surface area contributed by atoms with Crippen LogP contribution in [0.15, 0.2) is 0 Å². The summed E-state index contributed by atoms with van der Waals surface area (Å²) in [7, 11) is -10.5. The zero-order chi connectivity index (χ0) is 13.0. The monoisotopic (exact) mass is 386 g/mol. The van der Waals surface area contributed by atoms with Crippen molar-refractivity contribution in [1.29, 1.82) is 0 Å². The van der Waals surface area contributed by atoms with E-state index in [1.54, 1.807) is 0 Å². The minimum Gasteiger partial charge on any atom is -0.756 e. The Labute approximate surface area is 157 Å². The van der Waals surface area contributed by atoms with E-state index < -0.39 is 27.9 Å². The van der Waals surface area contributed by atoms with Crippen LogP contribution in [0.5, 0.6) is 0 Å². The average molecular weight is 387 g/mol. The van der Waals surface area contributed by atoms with Gasteiger partial charge in [-0.1, -0.05) is 15.9 Å². The van der Waals surface area contributed by atoms with Gasteiger partial charge in [0, 0.05) is 11.8 Å². The molecule has 0 aromatic rings. The van der Waals surface area contributed by atoms with Gasteiger partial charge in [0.05, 0.1) is 12.2 Å². The number of alkyl halides is 1. The number of phosphoric ester groups is 1. The number of phosphoric acid groups is 2. The molecule has 0 aliphatic carbocycles. The van der Waals surface area contributed by atoms with E-state index in [-0.39, 0.29) is 70.9 Å². The molecule has 2 N–H and O–H groups in total. The van der Waals surface area contributed by atoms with E-state index in [4.69, 9.17) is 4.89 Å². The zero-order valence-corrected chi connectivity index (χ0v) is 17.6. The molecule has 3 atom stereocenters. The quantitative estimate of drug-likeness (QED) is 0.250. The molecule has 0 rings (SSSR count). The van der Waals surface area contributed by atoms with E-state index in [1.165, 1.54) is 6.92 Å². The largest absolute Gasteiger partial charge is 1.00 e. The Bertz CT molecular complexity index is 321. The van der Waals surface area contributed by atoms with Crippen molar-refractivity contribution in [1.82, 2.24) is 0 Å². The Morgan fingerprint density at radius 2 is 1.78 bits per heavy atom. The molecule has 0 fully saturated rings. The van der Waals surface area contributed by atoms with Gasteiger partial charge in [-0.3, -0.25) is 9.13 Å². The molecule has 0 amide bonds. The molecule has 0 aromatic heterocycles. The van der Waals surface area contributed by atoms with Gasteiger partial charge >= 0.3 is 59.1 Å². The van der Waals surface area contributed by atoms with E-state index in [9.17, 15) is 24.0 Å². The van der Waals surface area contributed by atoms with Crippen molar-refractivity contribution in [3.63, 3.8) is 0 Å². The van der Waals surface area contributed by atoms with Crippen molar-refractivity contribution in [2.45, 2.75) is 18.9 Å². The number of halogens is 1. The molecule has 0 bridgehead atoms. The second-order valence-corrected chi connectivity index (χ2v) is 6.51. The Hall–Kier alpha value is 2.70. The number of hydrogen-bond donors (Lipinski definition) is 2. The first-order chi connectivity index (χ1) is 6.97. The maximum atomic E-state index is 10.8. The molecule has 0 aliphatic rings. The predicted molar refractivity (Wildman–Crippen MR) is 53.5 cm³/mol. The molecule has 0 heterocycles. The van der Waals surface area contributed by atoms with Gasteiger partial charge in [0.25, 0.3) is 15.6 Å². The number of aliphatic hydroxyl groups is 1. The van der Waals surface area contributed by atoms with Crippen LogP contribution >= 0.6 is 31.6 Å². The van der Waals surface area contributed by atoms with E-state index in [1.807, 2.05) is 0 Å². The predicted octanol–water partition coefficient (Wildman–Crippen LogP) is -6.51. The van der Waals surface area contributed by atoms with Crippen LogP contribution in [0.1, 0.15) is 13.3 Å². The normalized spacial score (nSPS) is 20.6. The third-order valence-electron chi connectivity index (χ3n) is 1.38. The topological polar surface area (TPSA) is 139 Å². The molecule has 0 aliphatic heterocycles. The Morgan fingerprint density at radius 1 is 1.33 bits per heavy atom. The summed E-state index contributed by atoms with van der Waals surface area (Å²) in [4.78, 5) is 29.0. The van der Waals surface area contributed by atoms with Gasteiger partial charge in [0.1, 0.15) is 0 Å².